The topological polar surface area (TPSA) is 95.2 Å². The van der Waals surface area contributed by atoms with Gasteiger partial charge in [0.15, 0.2) is 0 Å². The van der Waals surface area contributed by atoms with Crippen LogP contribution in [-0.2, 0) is 21.1 Å². The molecule has 0 aliphatic heterocycles. The van der Waals surface area contributed by atoms with Gasteiger partial charge in [0.1, 0.15) is 0 Å². The molecule has 0 aliphatic carbocycles. The quantitative estimate of drug-likeness (QED) is 0.439. The minimum absolute atomic E-state index is 0. The van der Waals surface area contributed by atoms with E-state index >= 15 is 0 Å². The first-order valence-corrected chi connectivity index (χ1v) is 0.894. The van der Waals surface area contributed by atoms with E-state index in [0.717, 1.165) is 0 Å². The van der Waals surface area contributed by atoms with Crippen LogP contribution in [-0.4, -0.2) is 51.4 Å². The Morgan fingerprint density at radius 3 is 0.500 bits per heavy atom. The van der Waals surface area contributed by atoms with Crippen molar-refractivity contribution in [2.75, 3.05) is 0 Å². The summed E-state index contributed by atoms with van der Waals surface area (Å²) in [6.45, 7) is 19.0. The van der Waals surface area contributed by atoms with Gasteiger partial charge in [0, 0.05) is 51.4 Å². The minimum atomic E-state index is 0. The van der Waals surface area contributed by atoms with Crippen LogP contribution in [0.3, 0.4) is 0 Å². The van der Waals surface area contributed by atoms with Gasteiger partial charge in [-0.15, -0.1) is 0 Å². The molecule has 0 aromatic heterocycles. The van der Waals surface area contributed by atoms with Crippen molar-refractivity contribution in [1.29, 1.82) is 21.0 Å². The molecule has 0 saturated heterocycles. The molecule has 0 heterocycles. The molecule has 0 bridgehead atoms. The molecule has 0 unspecified atom stereocenters. The third-order valence-electron chi connectivity index (χ3n) is 0. The van der Waals surface area contributed by atoms with Crippen LogP contribution in [0.4, 0.5) is 0 Å². The van der Waals surface area contributed by atoms with E-state index in [0.29, 0.717) is 0 Å². The first-order valence-electron chi connectivity index (χ1n) is 0.894. The second kappa shape index (κ2) is 7860. The van der Waals surface area contributed by atoms with Gasteiger partial charge in [0.05, 0.1) is 0 Å². The van der Waals surface area contributed by atoms with Crippen LogP contribution in [0, 0.1) is 47.3 Å². The van der Waals surface area contributed by atoms with Gasteiger partial charge in [-0.1, -0.05) is 0 Å². The van der Waals surface area contributed by atoms with E-state index < -0.39 is 0 Å². The Balaban J connectivity index is -0.00000000500. The zero-order valence-electron chi connectivity index (χ0n) is 5.20. The summed E-state index contributed by atoms with van der Waals surface area (Å²) in [6, 6.07) is 0. The second-order valence-electron chi connectivity index (χ2n) is 0. The maximum Gasteiger partial charge on any atom is 4.00 e. The first-order chi connectivity index (χ1) is 4.00. The van der Waals surface area contributed by atoms with Crippen LogP contribution in [0.5, 0.6) is 0 Å². The summed E-state index contributed by atoms with van der Waals surface area (Å²) in [7, 11) is 0. The van der Waals surface area contributed by atoms with Crippen LogP contribution >= 0.6 is 0 Å². The van der Waals surface area contributed by atoms with Crippen LogP contribution < -0.4 is 0 Å². The molecule has 0 atom stereocenters. The van der Waals surface area contributed by atoms with Crippen LogP contribution in [0.25, 0.3) is 0 Å². The minimum Gasteiger partial charge on any atom is -0.512 e. The van der Waals surface area contributed by atoms with Crippen molar-refractivity contribution in [2.24, 2.45) is 0 Å². The summed E-state index contributed by atoms with van der Waals surface area (Å²) in [5.74, 6) is 0. The van der Waals surface area contributed by atoms with Gasteiger partial charge in [0.2, 0.25) is 0 Å². The predicted molar refractivity (Wildman–Crippen MR) is 25.6 cm³/mol. The molecule has 10 heavy (non-hydrogen) atoms. The Morgan fingerprint density at radius 2 is 0.500 bits per heavy atom. The van der Waals surface area contributed by atoms with Crippen molar-refractivity contribution in [2.45, 2.75) is 0 Å². The zero-order valence-corrected chi connectivity index (χ0v) is 10.3. The maximum atomic E-state index is 6.25. The van der Waals surface area contributed by atoms with E-state index in [2.05, 4.69) is 0 Å². The van der Waals surface area contributed by atoms with Gasteiger partial charge in [-0.2, -0.15) is 0 Å². The van der Waals surface area contributed by atoms with Crippen LogP contribution in [0.1, 0.15) is 0 Å². The van der Waals surface area contributed by atoms with Crippen molar-refractivity contribution in [3.63, 3.8) is 0 Å². The Kier molecular flexibility index (Phi) is 38000. The van der Waals surface area contributed by atoms with Gasteiger partial charge < -0.3 is 47.3 Å². The molecule has 0 saturated carbocycles. The Labute approximate surface area is 118 Å². The summed E-state index contributed by atoms with van der Waals surface area (Å²) in [6.07, 6.45) is 0. The average molecular weight is 239 g/mol. The van der Waals surface area contributed by atoms with E-state index in [9.17, 15) is 0 Å². The summed E-state index contributed by atoms with van der Waals surface area (Å²) in [5.41, 5.74) is 0. The summed E-state index contributed by atoms with van der Waals surface area (Å²) in [4.78, 5) is 0. The monoisotopic (exact) mass is 241 g/mol. The van der Waals surface area contributed by atoms with Gasteiger partial charge in [-0.05, 0) is 0 Å². The second-order valence-corrected chi connectivity index (χ2v) is 0. The fraction of sp³-hybridized carbons (Fsp3) is 0. The molecule has 0 spiro atoms. The summed E-state index contributed by atoms with van der Waals surface area (Å²) < 4.78 is 0. The van der Waals surface area contributed by atoms with Crippen molar-refractivity contribution in [1.82, 2.24) is 0 Å². The molecule has 43 valence electrons. The number of hydrogen-bond donors (Lipinski definition) is 0. The van der Waals surface area contributed by atoms with E-state index in [4.69, 9.17) is 47.3 Å². The van der Waals surface area contributed by atoms with Crippen molar-refractivity contribution < 1.29 is 21.1 Å². The molecule has 0 fully saturated rings. The van der Waals surface area contributed by atoms with Gasteiger partial charge >= 0.3 is 21.1 Å². The van der Waals surface area contributed by atoms with E-state index in [1.54, 1.807) is 0 Å². The maximum absolute atomic E-state index is 6.25. The predicted octanol–water partition coefficient (Wildman–Crippen LogP) is 0.00218. The molecule has 0 rings (SSSR count). The molecule has 0 amide bonds. The van der Waals surface area contributed by atoms with E-state index in [1.165, 1.54) is 0 Å². The number of rotatable bonds is 0. The molecule has 0 aliphatic rings. The molecular formula is C4KMoN4. The molecule has 6 heteroatoms. The van der Waals surface area contributed by atoms with E-state index in [-0.39, 0.29) is 72.4 Å². The molecular weight excluding hydrogens is 239 g/mol. The Hall–Kier alpha value is 0.285. The fourth-order valence-electron chi connectivity index (χ4n) is 0. The van der Waals surface area contributed by atoms with Crippen molar-refractivity contribution >= 4 is 51.4 Å². The largest absolute Gasteiger partial charge is 4.00 e. The third-order valence-corrected chi connectivity index (χ3v) is 0. The summed E-state index contributed by atoms with van der Waals surface area (Å²) in [5, 5.41) is 25.0. The van der Waals surface area contributed by atoms with Crippen molar-refractivity contribution in [3.05, 3.63) is 26.3 Å². The molecule has 1 radical (unpaired) electrons. The van der Waals surface area contributed by atoms with Crippen LogP contribution in [0.15, 0.2) is 0 Å². The van der Waals surface area contributed by atoms with E-state index in [1.807, 2.05) is 0 Å². The van der Waals surface area contributed by atoms with Gasteiger partial charge in [-0.25, -0.2) is 0 Å². The molecule has 0 aromatic carbocycles. The number of nitrogens with zero attached hydrogens (tertiary/aromatic N) is 4. The normalized spacial score (nSPS) is 0.800. The molecule has 4 nitrogen and oxygen atoms in total. The smallest absolute Gasteiger partial charge is 0.512 e. The van der Waals surface area contributed by atoms with Crippen LogP contribution in [0.2, 0.25) is 0 Å². The molecule has 0 N–H and O–H groups in total. The fourth-order valence-corrected chi connectivity index (χ4v) is 0. The number of hydrogen-bond acceptors (Lipinski definition) is 4. The average Bonchev–Trinajstić information content (AvgIpc) is 2.03. The Morgan fingerprint density at radius 1 is 0.500 bits per heavy atom. The SMILES string of the molecule is [C-]#N.[C-]#N.[C-]#N.[C-]#N.[K].[Mo+4]. The first kappa shape index (κ1) is 48.3. The summed E-state index contributed by atoms with van der Waals surface area (Å²) >= 11 is 0. The zero-order chi connectivity index (χ0) is 8.00. The molecule has 0 aromatic rings. The van der Waals surface area contributed by atoms with Gasteiger partial charge in [-0.3, -0.25) is 0 Å². The Bertz CT molecular complexity index is 60.2. The third kappa shape index (κ3) is 5420. The van der Waals surface area contributed by atoms with Gasteiger partial charge in [0.25, 0.3) is 0 Å². The van der Waals surface area contributed by atoms with Crippen molar-refractivity contribution in [3.8, 4) is 0 Å². The standard InChI is InChI=1S/4CN.K.Mo/c4*1-2;;/q4*-1;;+4.